The van der Waals surface area contributed by atoms with Crippen LogP contribution in [0.15, 0.2) is 63.9 Å². The number of aromatic nitrogens is 1. The standard InChI is InChI=1S/C27H29N3O7/c1-35-25(33)15-23(19-5-4-7-21(13-19)36-17-20-6-2-3-8-28-20)27-26(34)24(32)14-22(37-27)16-29-9-11-30(18-31)12-10-29/h2-8,13-14,18,23,34H,9-12,15-17H2,1H3. The van der Waals surface area contributed by atoms with E-state index in [0.29, 0.717) is 49.8 Å². The number of methoxy groups -OCH3 is 1. The van der Waals surface area contributed by atoms with Gasteiger partial charge in [-0.2, -0.15) is 0 Å². The lowest BCUT2D eigenvalue weighted by molar-refractivity contribution is -0.141. The molecule has 10 nitrogen and oxygen atoms in total. The molecule has 0 aliphatic carbocycles. The summed E-state index contributed by atoms with van der Waals surface area (Å²) in [6.45, 7) is 2.98. The summed E-state index contributed by atoms with van der Waals surface area (Å²) in [5.74, 6) is -0.990. The first-order valence-corrected chi connectivity index (χ1v) is 11.9. The Morgan fingerprint density at radius 1 is 1.16 bits per heavy atom. The molecule has 1 fully saturated rings. The molecule has 1 atom stereocenters. The van der Waals surface area contributed by atoms with Gasteiger partial charge in [0.15, 0.2) is 5.76 Å². The molecule has 3 aromatic rings. The summed E-state index contributed by atoms with van der Waals surface area (Å²) in [6, 6.07) is 13.8. The van der Waals surface area contributed by atoms with Crippen molar-refractivity contribution in [1.29, 1.82) is 0 Å². The first kappa shape index (κ1) is 25.9. The zero-order chi connectivity index (χ0) is 26.2. The number of carbonyl (C=O) groups excluding carboxylic acids is 2. The third-order valence-corrected chi connectivity index (χ3v) is 6.22. The van der Waals surface area contributed by atoms with Crippen LogP contribution in [0.1, 0.15) is 35.1 Å². The number of hydrogen-bond acceptors (Lipinski definition) is 9. The number of amides is 1. The third-order valence-electron chi connectivity index (χ3n) is 6.22. The molecule has 0 saturated carbocycles. The van der Waals surface area contributed by atoms with E-state index in [0.717, 1.165) is 12.1 Å². The van der Waals surface area contributed by atoms with E-state index in [1.54, 1.807) is 35.4 Å². The second-order valence-electron chi connectivity index (χ2n) is 8.72. The fourth-order valence-electron chi connectivity index (χ4n) is 4.19. The zero-order valence-electron chi connectivity index (χ0n) is 20.5. The first-order valence-electron chi connectivity index (χ1n) is 11.9. The van der Waals surface area contributed by atoms with E-state index < -0.39 is 23.1 Å². The maximum absolute atomic E-state index is 12.7. The van der Waals surface area contributed by atoms with Crippen molar-refractivity contribution in [1.82, 2.24) is 14.8 Å². The molecule has 0 radical (unpaired) electrons. The van der Waals surface area contributed by atoms with Gasteiger partial charge < -0.3 is 23.9 Å². The van der Waals surface area contributed by atoms with Crippen LogP contribution >= 0.6 is 0 Å². The minimum atomic E-state index is -0.787. The molecule has 3 heterocycles. The van der Waals surface area contributed by atoms with Crippen LogP contribution in [0.25, 0.3) is 0 Å². The number of piperazine rings is 1. The average molecular weight is 508 g/mol. The largest absolute Gasteiger partial charge is 0.502 e. The van der Waals surface area contributed by atoms with E-state index in [1.807, 2.05) is 18.2 Å². The number of rotatable bonds is 10. The van der Waals surface area contributed by atoms with Crippen molar-refractivity contribution in [2.75, 3.05) is 33.3 Å². The monoisotopic (exact) mass is 507 g/mol. The summed E-state index contributed by atoms with van der Waals surface area (Å²) in [6.07, 6.45) is 2.35. The normalized spacial score (nSPS) is 14.7. The topological polar surface area (TPSA) is 122 Å². The minimum Gasteiger partial charge on any atom is -0.502 e. The van der Waals surface area contributed by atoms with Crippen LogP contribution in [0.5, 0.6) is 11.5 Å². The first-order chi connectivity index (χ1) is 18.0. The van der Waals surface area contributed by atoms with Crippen LogP contribution in [0.2, 0.25) is 0 Å². The molecule has 0 bridgehead atoms. The predicted octanol–water partition coefficient (Wildman–Crippen LogP) is 2.29. The van der Waals surface area contributed by atoms with E-state index in [-0.39, 0.29) is 18.8 Å². The Balaban J connectivity index is 1.61. The van der Waals surface area contributed by atoms with Crippen molar-refractivity contribution in [2.24, 2.45) is 0 Å². The lowest BCUT2D eigenvalue weighted by Crippen LogP contribution is -2.45. The number of esters is 1. The van der Waals surface area contributed by atoms with Gasteiger partial charge in [-0.05, 0) is 29.8 Å². The highest BCUT2D eigenvalue weighted by Crippen LogP contribution is 2.35. The van der Waals surface area contributed by atoms with E-state index in [9.17, 15) is 19.5 Å². The molecule has 4 rings (SSSR count). The van der Waals surface area contributed by atoms with Crippen LogP contribution < -0.4 is 10.2 Å². The van der Waals surface area contributed by atoms with E-state index in [1.165, 1.54) is 13.2 Å². The molecule has 1 saturated heterocycles. The molecule has 194 valence electrons. The molecule has 0 spiro atoms. The summed E-state index contributed by atoms with van der Waals surface area (Å²) < 4.78 is 16.8. The molecule has 1 aliphatic heterocycles. The zero-order valence-corrected chi connectivity index (χ0v) is 20.5. The lowest BCUT2D eigenvalue weighted by atomic mass is 9.92. The van der Waals surface area contributed by atoms with Gasteiger partial charge in [-0.1, -0.05) is 18.2 Å². The van der Waals surface area contributed by atoms with E-state index >= 15 is 0 Å². The van der Waals surface area contributed by atoms with Gasteiger partial charge >= 0.3 is 5.97 Å². The molecule has 37 heavy (non-hydrogen) atoms. The van der Waals surface area contributed by atoms with Gasteiger partial charge in [0, 0.05) is 38.4 Å². The Morgan fingerprint density at radius 3 is 2.68 bits per heavy atom. The number of carbonyl (C=O) groups is 2. The number of ether oxygens (including phenoxy) is 2. The Labute approximate surface area is 214 Å². The van der Waals surface area contributed by atoms with Crippen molar-refractivity contribution in [3.05, 3.63) is 87.7 Å². The molecule has 10 heteroatoms. The molecule has 1 unspecified atom stereocenters. The van der Waals surface area contributed by atoms with Crippen LogP contribution in [0, 0.1) is 0 Å². The predicted molar refractivity (Wildman–Crippen MR) is 133 cm³/mol. The van der Waals surface area contributed by atoms with Gasteiger partial charge in [0.05, 0.1) is 31.7 Å². The van der Waals surface area contributed by atoms with Gasteiger partial charge in [-0.3, -0.25) is 24.3 Å². The highest BCUT2D eigenvalue weighted by Gasteiger charge is 2.27. The van der Waals surface area contributed by atoms with E-state index in [2.05, 4.69) is 9.88 Å². The molecule has 1 aromatic carbocycles. The Morgan fingerprint density at radius 2 is 1.97 bits per heavy atom. The van der Waals surface area contributed by atoms with Crippen LogP contribution in [0.4, 0.5) is 0 Å². The average Bonchev–Trinajstić information content (AvgIpc) is 2.93. The number of benzene rings is 1. The lowest BCUT2D eigenvalue weighted by Gasteiger charge is -2.32. The Hall–Kier alpha value is -4.18. The number of aromatic hydroxyl groups is 1. The fraction of sp³-hybridized carbons (Fsp3) is 0.333. The maximum Gasteiger partial charge on any atom is 0.306 e. The van der Waals surface area contributed by atoms with Crippen LogP contribution in [-0.2, 0) is 27.5 Å². The third kappa shape index (κ3) is 6.73. The summed E-state index contributed by atoms with van der Waals surface area (Å²) in [4.78, 5) is 44.0. The van der Waals surface area contributed by atoms with Gasteiger partial charge in [-0.25, -0.2) is 0 Å². The smallest absolute Gasteiger partial charge is 0.306 e. The summed E-state index contributed by atoms with van der Waals surface area (Å²) in [7, 11) is 1.28. The number of pyridine rings is 1. The Kier molecular flexibility index (Phi) is 8.52. The van der Waals surface area contributed by atoms with E-state index in [4.69, 9.17) is 13.9 Å². The summed E-state index contributed by atoms with van der Waals surface area (Å²) in [5.41, 5.74) is 0.767. The van der Waals surface area contributed by atoms with Gasteiger partial charge in [-0.15, -0.1) is 0 Å². The summed E-state index contributed by atoms with van der Waals surface area (Å²) in [5, 5.41) is 10.7. The highest BCUT2D eigenvalue weighted by atomic mass is 16.5. The van der Waals surface area contributed by atoms with Gasteiger partial charge in [0.2, 0.25) is 17.6 Å². The highest BCUT2D eigenvalue weighted by molar-refractivity contribution is 5.71. The van der Waals surface area contributed by atoms with Crippen LogP contribution in [0.3, 0.4) is 0 Å². The Bertz CT molecular complexity index is 1270. The maximum atomic E-state index is 12.7. The molecule has 1 amide bonds. The van der Waals surface area contributed by atoms with Crippen molar-refractivity contribution in [2.45, 2.75) is 25.5 Å². The molecule has 1 aliphatic rings. The fourth-order valence-corrected chi connectivity index (χ4v) is 4.19. The van der Waals surface area contributed by atoms with Gasteiger partial charge in [0.1, 0.15) is 18.1 Å². The summed E-state index contributed by atoms with van der Waals surface area (Å²) >= 11 is 0. The number of hydrogen-bond donors (Lipinski definition) is 1. The second-order valence-corrected chi connectivity index (χ2v) is 8.72. The van der Waals surface area contributed by atoms with Crippen molar-refractivity contribution in [3.63, 3.8) is 0 Å². The SMILES string of the molecule is COC(=O)CC(c1cccc(OCc2ccccn2)c1)c1oc(CN2CCN(C=O)CC2)cc(=O)c1O. The molecule has 2 aromatic heterocycles. The number of nitrogens with zero attached hydrogens (tertiary/aromatic N) is 3. The molecule has 1 N–H and O–H groups in total. The second kappa shape index (κ2) is 12.2. The molecular formula is C27H29N3O7. The minimum absolute atomic E-state index is 0.0127. The molecular weight excluding hydrogens is 478 g/mol. The van der Waals surface area contributed by atoms with Crippen LogP contribution in [-0.4, -0.2) is 65.6 Å². The van der Waals surface area contributed by atoms with Crippen molar-refractivity contribution in [3.8, 4) is 11.5 Å². The quantitative estimate of drug-likeness (QED) is 0.325. The van der Waals surface area contributed by atoms with Crippen molar-refractivity contribution >= 4 is 12.4 Å². The van der Waals surface area contributed by atoms with Crippen molar-refractivity contribution < 1.29 is 28.6 Å². The van der Waals surface area contributed by atoms with Gasteiger partial charge in [0.25, 0.3) is 0 Å².